The van der Waals surface area contributed by atoms with Crippen LogP contribution >= 0.6 is 0 Å². The fourth-order valence-electron chi connectivity index (χ4n) is 6.86. The van der Waals surface area contributed by atoms with E-state index >= 15 is 0 Å². The Balaban J connectivity index is 0.000000155. The molecule has 2 fully saturated rings. The van der Waals surface area contributed by atoms with Crippen molar-refractivity contribution in [2.45, 2.75) is 36.5 Å². The van der Waals surface area contributed by atoms with Crippen LogP contribution in [0.4, 0.5) is 5.69 Å². The summed E-state index contributed by atoms with van der Waals surface area (Å²) in [6.07, 6.45) is 7.96. The molecule has 2 aliphatic rings. The molecule has 6 heteroatoms. The van der Waals surface area contributed by atoms with Crippen molar-refractivity contribution in [1.82, 2.24) is 20.6 Å². The number of aromatic amines is 1. The summed E-state index contributed by atoms with van der Waals surface area (Å²) in [6, 6.07) is 34.6. The first-order chi connectivity index (χ1) is 21.1. The molecule has 2 unspecified atom stereocenters. The third kappa shape index (κ3) is 6.19. The first kappa shape index (κ1) is 28.7. The number of rotatable bonds is 7. The minimum atomic E-state index is 0.0482. The van der Waals surface area contributed by atoms with Crippen LogP contribution in [-0.4, -0.2) is 43.2 Å². The number of benzene rings is 3. The van der Waals surface area contributed by atoms with Gasteiger partial charge in [0, 0.05) is 72.1 Å². The van der Waals surface area contributed by atoms with Gasteiger partial charge in [0.15, 0.2) is 0 Å². The second-order valence-corrected chi connectivity index (χ2v) is 12.0. The molecule has 2 saturated heterocycles. The number of hydrogen-bond donors (Lipinski definition) is 4. The van der Waals surface area contributed by atoms with Crippen LogP contribution in [0.3, 0.4) is 0 Å². The molecule has 2 aliphatic heterocycles. The number of hydrogen-bond acceptors (Lipinski definition) is 5. The number of pyridine rings is 1. The van der Waals surface area contributed by atoms with Crippen LogP contribution in [-0.2, 0) is 23.7 Å². The highest BCUT2D eigenvalue weighted by atomic mass is 14.9. The topological polar surface area (TPSA) is 88.6 Å². The van der Waals surface area contributed by atoms with Gasteiger partial charge in [-0.15, -0.1) is 0 Å². The first-order valence-electron chi connectivity index (χ1n) is 15.3. The average Bonchev–Trinajstić information content (AvgIpc) is 3.83. The van der Waals surface area contributed by atoms with E-state index in [-0.39, 0.29) is 10.8 Å². The monoisotopic (exact) mass is 568 g/mol. The largest absolute Gasteiger partial charge is 0.388 e. The van der Waals surface area contributed by atoms with Crippen LogP contribution in [0, 0.1) is 11.3 Å². The summed E-state index contributed by atoms with van der Waals surface area (Å²) in [5.41, 5.74) is 8.47. The van der Waals surface area contributed by atoms with Crippen molar-refractivity contribution >= 4 is 16.6 Å². The van der Waals surface area contributed by atoms with Crippen LogP contribution in [0.15, 0.2) is 103 Å². The summed E-state index contributed by atoms with van der Waals surface area (Å²) in [5.74, 6) is 0. The van der Waals surface area contributed by atoms with Crippen molar-refractivity contribution in [1.29, 1.82) is 5.26 Å². The van der Waals surface area contributed by atoms with Gasteiger partial charge in [-0.05, 0) is 85.4 Å². The molecule has 0 spiro atoms. The van der Waals surface area contributed by atoms with E-state index in [2.05, 4.69) is 111 Å². The number of nitrogens with zero attached hydrogens (tertiary/aromatic N) is 2. The third-order valence-corrected chi connectivity index (χ3v) is 9.32. The Kier molecular flexibility index (Phi) is 8.55. The van der Waals surface area contributed by atoms with Crippen LogP contribution in [0.5, 0.6) is 0 Å². The van der Waals surface area contributed by atoms with E-state index in [4.69, 9.17) is 0 Å². The highest BCUT2D eigenvalue weighted by Gasteiger charge is 2.37. The van der Waals surface area contributed by atoms with Gasteiger partial charge in [0.1, 0.15) is 6.07 Å². The lowest BCUT2D eigenvalue weighted by molar-refractivity contribution is 0.462. The van der Waals surface area contributed by atoms with E-state index in [1.165, 1.54) is 28.8 Å². The second-order valence-electron chi connectivity index (χ2n) is 12.0. The average molecular weight is 569 g/mol. The molecule has 0 aliphatic carbocycles. The number of H-pyrrole nitrogens is 1. The predicted molar refractivity (Wildman–Crippen MR) is 175 cm³/mol. The molecule has 2 atom stereocenters. The summed E-state index contributed by atoms with van der Waals surface area (Å²) in [6.45, 7) is 4.14. The van der Waals surface area contributed by atoms with Gasteiger partial charge >= 0.3 is 0 Å². The lowest BCUT2D eigenvalue weighted by atomic mass is 9.75. The number of anilines is 1. The van der Waals surface area contributed by atoms with Gasteiger partial charge in [-0.3, -0.25) is 4.98 Å². The summed E-state index contributed by atoms with van der Waals surface area (Å²) in [7, 11) is 1.96. The maximum absolute atomic E-state index is 9.29. The van der Waals surface area contributed by atoms with Crippen molar-refractivity contribution in [2.75, 3.05) is 38.5 Å². The molecule has 7 rings (SSSR count). The van der Waals surface area contributed by atoms with Crippen LogP contribution in [0.2, 0.25) is 0 Å². The fraction of sp³-hybridized carbons (Fsp3) is 0.297. The fourth-order valence-corrected chi connectivity index (χ4v) is 6.86. The van der Waals surface area contributed by atoms with Crippen molar-refractivity contribution < 1.29 is 0 Å². The van der Waals surface area contributed by atoms with Crippen molar-refractivity contribution in [3.8, 4) is 6.07 Å². The molecule has 0 bridgehead atoms. The molecule has 2 aromatic heterocycles. The summed E-state index contributed by atoms with van der Waals surface area (Å²) in [4.78, 5) is 7.68. The van der Waals surface area contributed by atoms with Crippen LogP contribution < -0.4 is 16.0 Å². The molecular formula is C37H40N6. The molecule has 218 valence electrons. The van der Waals surface area contributed by atoms with Gasteiger partial charge in [0.25, 0.3) is 0 Å². The Morgan fingerprint density at radius 3 is 2.14 bits per heavy atom. The molecule has 0 amide bonds. The standard InChI is InChI=1S/C19H18N4.C18H22N2/c20-11-14-12-23-18-5-4-15(9-17(14)18)19(6-8-21-13-19)10-16-3-1-2-7-22-16;1-19-17-9-7-16(8-10-17)18(11-12-20-14-18)13-15-5-3-2-4-6-15/h1-5,7,9,12,21,23H,6,8,10,13H2;2-10,19-20H,11-14H2,1H3. The van der Waals surface area contributed by atoms with Crippen molar-refractivity contribution in [3.05, 3.63) is 131 Å². The van der Waals surface area contributed by atoms with Crippen LogP contribution in [0.25, 0.3) is 10.9 Å². The van der Waals surface area contributed by atoms with Gasteiger partial charge < -0.3 is 20.9 Å². The number of fused-ring (bicyclic) bond motifs is 1. The van der Waals surface area contributed by atoms with Crippen molar-refractivity contribution in [2.24, 2.45) is 0 Å². The molecule has 0 saturated carbocycles. The van der Waals surface area contributed by atoms with Crippen molar-refractivity contribution in [3.63, 3.8) is 0 Å². The quantitative estimate of drug-likeness (QED) is 0.190. The summed E-state index contributed by atoms with van der Waals surface area (Å²) < 4.78 is 0. The SMILES string of the molecule is CNc1ccc(C2(Cc3ccccc3)CCNC2)cc1.N#Cc1c[nH]c2ccc(C3(Cc4ccccn4)CCNC3)cc12. The Morgan fingerprint density at radius 2 is 1.51 bits per heavy atom. The highest BCUT2D eigenvalue weighted by molar-refractivity contribution is 5.86. The van der Waals surface area contributed by atoms with Gasteiger partial charge in [0.2, 0.25) is 0 Å². The molecule has 6 nitrogen and oxygen atoms in total. The van der Waals surface area contributed by atoms with E-state index in [1.807, 2.05) is 25.4 Å². The molecule has 4 N–H and O–H groups in total. The number of nitrogens with one attached hydrogen (secondary N) is 4. The zero-order valence-corrected chi connectivity index (χ0v) is 24.9. The van der Waals surface area contributed by atoms with E-state index in [0.29, 0.717) is 5.56 Å². The molecule has 43 heavy (non-hydrogen) atoms. The van der Waals surface area contributed by atoms with Crippen LogP contribution in [0.1, 0.15) is 40.8 Å². The molecule has 3 aromatic carbocycles. The second kappa shape index (κ2) is 12.8. The minimum Gasteiger partial charge on any atom is -0.388 e. The lowest BCUT2D eigenvalue weighted by Gasteiger charge is -2.29. The van der Waals surface area contributed by atoms with E-state index < -0.39 is 0 Å². The minimum absolute atomic E-state index is 0.0482. The first-order valence-corrected chi connectivity index (χ1v) is 15.3. The molecule has 0 radical (unpaired) electrons. The molecule has 4 heterocycles. The van der Waals surface area contributed by atoms with E-state index in [1.54, 1.807) is 6.20 Å². The predicted octanol–water partition coefficient (Wildman–Crippen LogP) is 6.11. The zero-order chi connectivity index (χ0) is 29.5. The number of nitriles is 1. The van der Waals surface area contributed by atoms with Gasteiger partial charge in [-0.1, -0.05) is 54.6 Å². The Morgan fingerprint density at radius 1 is 0.814 bits per heavy atom. The smallest absolute Gasteiger partial charge is 0.101 e. The maximum atomic E-state index is 9.29. The molecule has 5 aromatic rings. The maximum Gasteiger partial charge on any atom is 0.101 e. The summed E-state index contributed by atoms with van der Waals surface area (Å²) >= 11 is 0. The highest BCUT2D eigenvalue weighted by Crippen LogP contribution is 2.37. The van der Waals surface area contributed by atoms with E-state index in [0.717, 1.165) is 62.0 Å². The lowest BCUT2D eigenvalue weighted by Crippen LogP contribution is -2.32. The number of aromatic nitrogens is 2. The Labute approximate surface area is 254 Å². The molecular weight excluding hydrogens is 528 g/mol. The normalized spacial score (nSPS) is 21.2. The Bertz CT molecular complexity index is 1660. The van der Waals surface area contributed by atoms with Gasteiger partial charge in [0.05, 0.1) is 5.56 Å². The van der Waals surface area contributed by atoms with E-state index in [9.17, 15) is 5.26 Å². The summed E-state index contributed by atoms with van der Waals surface area (Å²) in [5, 5.41) is 20.5. The third-order valence-electron chi connectivity index (χ3n) is 9.32. The zero-order valence-electron chi connectivity index (χ0n) is 24.9. The Hall–Kier alpha value is -4.44. The van der Waals surface area contributed by atoms with Gasteiger partial charge in [-0.25, -0.2) is 0 Å². The van der Waals surface area contributed by atoms with Gasteiger partial charge in [-0.2, -0.15) is 5.26 Å².